The van der Waals surface area contributed by atoms with E-state index in [0.29, 0.717) is 18.5 Å². The Morgan fingerprint density at radius 1 is 1.50 bits per heavy atom. The lowest BCUT2D eigenvalue weighted by atomic mass is 9.99. The summed E-state index contributed by atoms with van der Waals surface area (Å²) >= 11 is 0. The number of hydrogen-bond acceptors (Lipinski definition) is 8. The number of aliphatic hydroxyl groups excluding tert-OH is 2. The quantitative estimate of drug-likeness (QED) is 0.313. The van der Waals surface area contributed by atoms with Crippen LogP contribution in [0, 0.1) is 0 Å². The van der Waals surface area contributed by atoms with Gasteiger partial charge in [-0.05, 0) is 32.8 Å². The molecule has 4 atom stereocenters. The fourth-order valence-electron chi connectivity index (χ4n) is 3.12. The van der Waals surface area contributed by atoms with Crippen LogP contribution >= 0.6 is 0 Å². The van der Waals surface area contributed by atoms with Crippen molar-refractivity contribution in [2.75, 3.05) is 26.3 Å². The molecule has 8 heteroatoms. The number of fused-ring (bicyclic) bond motifs is 1. The molecule has 3 unspecified atom stereocenters. The molecule has 0 aliphatic carbocycles. The number of hydrogen-bond donors (Lipinski definition) is 3. The van der Waals surface area contributed by atoms with Gasteiger partial charge in [0.1, 0.15) is 12.7 Å². The van der Waals surface area contributed by atoms with Crippen molar-refractivity contribution < 1.29 is 34.4 Å². The number of aliphatic hydroxyl groups is 3. The van der Waals surface area contributed by atoms with Gasteiger partial charge in [-0.3, -0.25) is 4.90 Å². The largest absolute Gasteiger partial charge is 0.459 e. The molecule has 0 spiro atoms. The predicted octanol–water partition coefficient (Wildman–Crippen LogP) is -0.474. The maximum absolute atomic E-state index is 12.0. The Bertz CT molecular complexity index is 613. The predicted molar refractivity (Wildman–Crippen MR) is 92.0 cm³/mol. The molecule has 2 rings (SSSR count). The fraction of sp³-hybridized carbons (Fsp3) is 0.667. The third-order valence-electron chi connectivity index (χ3n) is 5.08. The topological polar surface area (TPSA) is 117 Å². The van der Waals surface area contributed by atoms with Crippen LogP contribution in [-0.4, -0.2) is 82.3 Å². The fourth-order valence-corrected chi connectivity index (χ4v) is 3.12. The van der Waals surface area contributed by atoms with Crippen molar-refractivity contribution in [1.82, 2.24) is 4.90 Å². The van der Waals surface area contributed by atoms with Crippen LogP contribution in [0.3, 0.4) is 0 Å². The van der Waals surface area contributed by atoms with Gasteiger partial charge in [0.2, 0.25) is 5.60 Å². The third-order valence-corrected chi connectivity index (χ3v) is 5.08. The average molecular weight is 369 g/mol. The normalized spacial score (nSPS) is 26.7. The summed E-state index contributed by atoms with van der Waals surface area (Å²) in [6.07, 6.45) is 2.47. The number of carbonyl (C=O) groups is 2. The van der Waals surface area contributed by atoms with E-state index in [1.165, 1.54) is 6.92 Å². The van der Waals surface area contributed by atoms with Crippen molar-refractivity contribution in [2.24, 2.45) is 0 Å². The summed E-state index contributed by atoms with van der Waals surface area (Å²) in [6.45, 7) is 5.03. The van der Waals surface area contributed by atoms with Gasteiger partial charge in [-0.2, -0.15) is 0 Å². The first kappa shape index (κ1) is 20.6. The van der Waals surface area contributed by atoms with Crippen molar-refractivity contribution in [3.63, 3.8) is 0 Å². The Morgan fingerprint density at radius 3 is 2.77 bits per heavy atom. The molecule has 2 aliphatic rings. The van der Waals surface area contributed by atoms with Gasteiger partial charge < -0.3 is 24.8 Å². The lowest BCUT2D eigenvalue weighted by Gasteiger charge is -2.28. The van der Waals surface area contributed by atoms with Gasteiger partial charge in [-0.15, -0.1) is 0 Å². The maximum atomic E-state index is 12.0. The van der Waals surface area contributed by atoms with E-state index in [1.54, 1.807) is 19.9 Å². The zero-order valence-corrected chi connectivity index (χ0v) is 15.3. The van der Waals surface area contributed by atoms with Crippen LogP contribution in [0.25, 0.3) is 0 Å². The molecular weight excluding hydrogens is 342 g/mol. The Kier molecular flexibility index (Phi) is 6.57. The number of esters is 2. The molecule has 1 saturated heterocycles. The van der Waals surface area contributed by atoms with Crippen molar-refractivity contribution in [3.05, 3.63) is 23.3 Å². The molecular formula is C18H27NO7. The average Bonchev–Trinajstić information content (AvgIpc) is 3.20. The SMILES string of the molecule is C/C=C(/C)C(=O)O[C@@H]1CCN2CC=C(COC(=O)C(O)(CO)C(C)O)C12. The first-order valence-corrected chi connectivity index (χ1v) is 8.70. The Hall–Kier alpha value is -1.74. The second-order valence-electron chi connectivity index (χ2n) is 6.76. The zero-order valence-electron chi connectivity index (χ0n) is 15.3. The summed E-state index contributed by atoms with van der Waals surface area (Å²) in [6, 6.07) is -0.176. The van der Waals surface area contributed by atoms with Crippen LogP contribution in [0.2, 0.25) is 0 Å². The zero-order chi connectivity index (χ0) is 19.5. The lowest BCUT2D eigenvalue weighted by molar-refractivity contribution is -0.182. The summed E-state index contributed by atoms with van der Waals surface area (Å²) in [5.41, 5.74) is -1.05. The van der Waals surface area contributed by atoms with Gasteiger partial charge in [0.05, 0.1) is 18.8 Å². The molecule has 0 bridgehead atoms. The number of carbonyl (C=O) groups excluding carboxylic acids is 2. The molecule has 0 radical (unpaired) electrons. The highest BCUT2D eigenvalue weighted by Crippen LogP contribution is 2.32. The van der Waals surface area contributed by atoms with Crippen LogP contribution in [0.15, 0.2) is 23.3 Å². The molecule has 0 aromatic carbocycles. The maximum Gasteiger partial charge on any atom is 0.343 e. The minimum absolute atomic E-state index is 0.105. The van der Waals surface area contributed by atoms with Crippen LogP contribution in [-0.2, 0) is 19.1 Å². The van der Waals surface area contributed by atoms with Crippen LogP contribution in [0.1, 0.15) is 27.2 Å². The number of rotatable bonds is 7. The van der Waals surface area contributed by atoms with Gasteiger partial charge in [0.25, 0.3) is 0 Å². The van der Waals surface area contributed by atoms with E-state index in [0.717, 1.165) is 12.1 Å². The van der Waals surface area contributed by atoms with Crippen molar-refractivity contribution >= 4 is 11.9 Å². The van der Waals surface area contributed by atoms with E-state index in [-0.39, 0.29) is 24.7 Å². The number of allylic oxidation sites excluding steroid dienone is 1. The minimum Gasteiger partial charge on any atom is -0.459 e. The van der Waals surface area contributed by atoms with E-state index < -0.39 is 24.3 Å². The molecule has 3 N–H and O–H groups in total. The smallest absolute Gasteiger partial charge is 0.343 e. The highest BCUT2D eigenvalue weighted by Gasteiger charge is 2.45. The number of nitrogens with zero attached hydrogens (tertiary/aromatic N) is 1. The first-order valence-electron chi connectivity index (χ1n) is 8.70. The molecule has 0 amide bonds. The van der Waals surface area contributed by atoms with Gasteiger partial charge in [0, 0.05) is 18.7 Å². The molecule has 0 saturated carbocycles. The Labute approximate surface area is 152 Å². The minimum atomic E-state index is -2.36. The molecule has 26 heavy (non-hydrogen) atoms. The van der Waals surface area contributed by atoms with Gasteiger partial charge >= 0.3 is 11.9 Å². The summed E-state index contributed by atoms with van der Waals surface area (Å²) in [5, 5.41) is 28.7. The molecule has 0 aromatic heterocycles. The van der Waals surface area contributed by atoms with Gasteiger partial charge in [-0.1, -0.05) is 12.2 Å². The van der Waals surface area contributed by atoms with E-state index >= 15 is 0 Å². The second kappa shape index (κ2) is 8.30. The molecule has 2 aliphatic heterocycles. The lowest BCUT2D eigenvalue weighted by Crippen LogP contribution is -2.52. The van der Waals surface area contributed by atoms with Crippen LogP contribution in [0.4, 0.5) is 0 Å². The van der Waals surface area contributed by atoms with E-state index in [9.17, 15) is 24.9 Å². The van der Waals surface area contributed by atoms with E-state index in [1.807, 2.05) is 6.08 Å². The standard InChI is InChI=1S/C18H27NO7/c1-4-11(2)16(22)26-14-6-8-19-7-5-13(15(14)19)9-25-17(23)18(24,10-20)12(3)21/h4-5,12,14-15,20-21,24H,6-10H2,1-3H3/b11-4-/t12?,14-,15?,18?/m1/s1. The summed E-state index contributed by atoms with van der Waals surface area (Å²) in [7, 11) is 0. The monoisotopic (exact) mass is 369 g/mol. The second-order valence-corrected chi connectivity index (χ2v) is 6.76. The van der Waals surface area contributed by atoms with Crippen molar-refractivity contribution in [2.45, 2.75) is 51.0 Å². The van der Waals surface area contributed by atoms with E-state index in [4.69, 9.17) is 9.47 Å². The number of ether oxygens (including phenoxy) is 2. The van der Waals surface area contributed by atoms with Gasteiger partial charge in [-0.25, -0.2) is 9.59 Å². The highest BCUT2D eigenvalue weighted by molar-refractivity contribution is 5.87. The van der Waals surface area contributed by atoms with Crippen molar-refractivity contribution in [1.29, 1.82) is 0 Å². The summed E-state index contributed by atoms with van der Waals surface area (Å²) in [4.78, 5) is 26.2. The molecule has 8 nitrogen and oxygen atoms in total. The molecule has 1 fully saturated rings. The third kappa shape index (κ3) is 3.98. The Balaban J connectivity index is 2.00. The van der Waals surface area contributed by atoms with Gasteiger partial charge in [0.15, 0.2) is 0 Å². The van der Waals surface area contributed by atoms with Crippen molar-refractivity contribution in [3.8, 4) is 0 Å². The molecule has 0 aromatic rings. The summed E-state index contributed by atoms with van der Waals surface area (Å²) in [5.74, 6) is -1.46. The molecule has 2 heterocycles. The van der Waals surface area contributed by atoms with Crippen LogP contribution in [0.5, 0.6) is 0 Å². The summed E-state index contributed by atoms with van der Waals surface area (Å²) < 4.78 is 10.7. The Morgan fingerprint density at radius 2 is 2.19 bits per heavy atom. The highest BCUT2D eigenvalue weighted by atomic mass is 16.6. The van der Waals surface area contributed by atoms with E-state index in [2.05, 4.69) is 4.90 Å². The molecule has 146 valence electrons. The van der Waals surface area contributed by atoms with Crippen LogP contribution < -0.4 is 0 Å². The first-order chi connectivity index (χ1) is 12.2.